The Balaban J connectivity index is 2.31. The number of aliphatic imine (C=N–C) groups is 1. The van der Waals surface area contributed by atoms with Crippen molar-refractivity contribution < 1.29 is 4.79 Å². The van der Waals surface area contributed by atoms with Crippen LogP contribution in [0.2, 0.25) is 0 Å². The molecule has 0 amide bonds. The summed E-state index contributed by atoms with van der Waals surface area (Å²) in [6, 6.07) is 9.95. The SMILES string of the molecule is O=C=Nc1cnc2c(c1-c1ccccc1)C=CCC2. The molecule has 0 saturated carbocycles. The molecule has 3 rings (SSSR count). The zero-order valence-electron chi connectivity index (χ0n) is 10.3. The number of nitrogens with zero attached hydrogens (tertiary/aromatic N) is 2. The zero-order chi connectivity index (χ0) is 13.1. The normalized spacial score (nSPS) is 12.6. The first-order chi connectivity index (χ1) is 9.40. The molecule has 1 aliphatic rings. The van der Waals surface area contributed by atoms with Crippen LogP contribution in [-0.4, -0.2) is 11.1 Å². The van der Waals surface area contributed by atoms with E-state index in [0.29, 0.717) is 5.69 Å². The van der Waals surface area contributed by atoms with Gasteiger partial charge in [-0.05, 0) is 18.4 Å². The van der Waals surface area contributed by atoms with Crippen molar-refractivity contribution in [2.75, 3.05) is 0 Å². The molecule has 1 heterocycles. The van der Waals surface area contributed by atoms with Crippen molar-refractivity contribution in [2.24, 2.45) is 4.99 Å². The zero-order valence-corrected chi connectivity index (χ0v) is 10.3. The third-order valence-electron chi connectivity index (χ3n) is 3.24. The van der Waals surface area contributed by atoms with Gasteiger partial charge in [0.25, 0.3) is 0 Å². The van der Waals surface area contributed by atoms with Gasteiger partial charge in [-0.1, -0.05) is 42.5 Å². The molecule has 0 N–H and O–H groups in total. The fourth-order valence-corrected chi connectivity index (χ4v) is 2.40. The fourth-order valence-electron chi connectivity index (χ4n) is 2.40. The molecule has 3 nitrogen and oxygen atoms in total. The minimum absolute atomic E-state index is 0.575. The van der Waals surface area contributed by atoms with E-state index in [1.165, 1.54) is 0 Å². The second kappa shape index (κ2) is 5.01. The highest BCUT2D eigenvalue weighted by Crippen LogP contribution is 2.36. The molecule has 0 spiro atoms. The minimum Gasteiger partial charge on any atom is -0.258 e. The number of pyridine rings is 1. The molecule has 0 aliphatic heterocycles. The molecule has 0 atom stereocenters. The Morgan fingerprint density at radius 3 is 2.84 bits per heavy atom. The first-order valence-electron chi connectivity index (χ1n) is 6.22. The molecule has 1 aromatic carbocycles. The average molecular weight is 248 g/mol. The quantitative estimate of drug-likeness (QED) is 0.601. The van der Waals surface area contributed by atoms with Crippen molar-refractivity contribution >= 4 is 17.8 Å². The number of allylic oxidation sites excluding steroid dienone is 1. The number of fused-ring (bicyclic) bond motifs is 1. The van der Waals surface area contributed by atoms with Crippen molar-refractivity contribution in [2.45, 2.75) is 12.8 Å². The van der Waals surface area contributed by atoms with Crippen molar-refractivity contribution in [3.05, 3.63) is 53.9 Å². The van der Waals surface area contributed by atoms with Gasteiger partial charge in [0.2, 0.25) is 6.08 Å². The van der Waals surface area contributed by atoms with Crippen LogP contribution in [0, 0.1) is 0 Å². The van der Waals surface area contributed by atoms with E-state index >= 15 is 0 Å². The Labute approximate surface area is 111 Å². The maximum atomic E-state index is 10.6. The second-order valence-electron chi connectivity index (χ2n) is 4.39. The van der Waals surface area contributed by atoms with Crippen LogP contribution in [-0.2, 0) is 11.2 Å². The Morgan fingerprint density at radius 2 is 2.05 bits per heavy atom. The molecule has 1 aromatic heterocycles. The lowest BCUT2D eigenvalue weighted by molar-refractivity contribution is 0.565. The number of carbonyl (C=O) groups excluding carboxylic acids is 1. The van der Waals surface area contributed by atoms with Gasteiger partial charge >= 0.3 is 0 Å². The summed E-state index contributed by atoms with van der Waals surface area (Å²) in [5.41, 5.74) is 4.71. The van der Waals surface area contributed by atoms with Gasteiger partial charge in [0.1, 0.15) is 5.69 Å². The van der Waals surface area contributed by atoms with Gasteiger partial charge in [0, 0.05) is 16.8 Å². The van der Waals surface area contributed by atoms with E-state index in [1.54, 1.807) is 12.3 Å². The van der Waals surface area contributed by atoms with E-state index in [4.69, 9.17) is 0 Å². The molecule has 0 saturated heterocycles. The number of aromatic nitrogens is 1. The number of hydrogen-bond donors (Lipinski definition) is 0. The van der Waals surface area contributed by atoms with E-state index < -0.39 is 0 Å². The maximum Gasteiger partial charge on any atom is 0.240 e. The van der Waals surface area contributed by atoms with Crippen LogP contribution < -0.4 is 0 Å². The van der Waals surface area contributed by atoms with Gasteiger partial charge in [-0.15, -0.1) is 0 Å². The average Bonchev–Trinajstić information content (AvgIpc) is 2.48. The lowest BCUT2D eigenvalue weighted by Gasteiger charge is -2.15. The van der Waals surface area contributed by atoms with E-state index in [2.05, 4.69) is 22.1 Å². The first-order valence-corrected chi connectivity index (χ1v) is 6.22. The van der Waals surface area contributed by atoms with Gasteiger partial charge in [0.15, 0.2) is 0 Å². The smallest absolute Gasteiger partial charge is 0.240 e. The van der Waals surface area contributed by atoms with Gasteiger partial charge in [-0.25, -0.2) is 4.79 Å². The highest BCUT2D eigenvalue weighted by atomic mass is 16.1. The molecule has 0 radical (unpaired) electrons. The molecular weight excluding hydrogens is 236 g/mol. The van der Waals surface area contributed by atoms with Crippen LogP contribution in [0.5, 0.6) is 0 Å². The Bertz CT molecular complexity index is 683. The molecule has 0 fully saturated rings. The van der Waals surface area contributed by atoms with Crippen LogP contribution in [0.15, 0.2) is 47.6 Å². The van der Waals surface area contributed by atoms with Gasteiger partial charge in [-0.3, -0.25) is 4.98 Å². The molecule has 0 unspecified atom stereocenters. The number of rotatable bonds is 2. The molecule has 1 aliphatic carbocycles. The topological polar surface area (TPSA) is 42.3 Å². The lowest BCUT2D eigenvalue weighted by atomic mass is 9.93. The number of isocyanates is 1. The first kappa shape index (κ1) is 11.6. The summed E-state index contributed by atoms with van der Waals surface area (Å²) in [5, 5.41) is 0. The van der Waals surface area contributed by atoms with Crippen LogP contribution >= 0.6 is 0 Å². The standard InChI is InChI=1S/C16H12N2O/c19-11-18-15-10-17-14-9-5-4-8-13(14)16(15)12-6-2-1-3-7-12/h1-4,6-8,10H,5,9H2. The van der Waals surface area contributed by atoms with Crippen molar-refractivity contribution in [3.8, 4) is 11.1 Å². The van der Waals surface area contributed by atoms with E-state index in [0.717, 1.165) is 35.2 Å². The number of aryl methyl sites for hydroxylation is 1. The lowest BCUT2D eigenvalue weighted by Crippen LogP contribution is -2.00. The summed E-state index contributed by atoms with van der Waals surface area (Å²) in [6.45, 7) is 0. The summed E-state index contributed by atoms with van der Waals surface area (Å²) in [5.74, 6) is 0. The minimum atomic E-state index is 0.575. The monoisotopic (exact) mass is 248 g/mol. The number of hydrogen-bond acceptors (Lipinski definition) is 3. The number of benzene rings is 1. The predicted molar refractivity (Wildman–Crippen MR) is 74.8 cm³/mol. The molecule has 3 heteroatoms. The largest absolute Gasteiger partial charge is 0.258 e. The van der Waals surface area contributed by atoms with Gasteiger partial charge in [0.05, 0.1) is 6.20 Å². The van der Waals surface area contributed by atoms with E-state index in [9.17, 15) is 4.79 Å². The van der Waals surface area contributed by atoms with Crippen LogP contribution in [0.4, 0.5) is 5.69 Å². The Kier molecular flexibility index (Phi) is 3.05. The summed E-state index contributed by atoms with van der Waals surface area (Å²) in [4.78, 5) is 18.8. The predicted octanol–water partition coefficient (Wildman–Crippen LogP) is 3.68. The molecule has 19 heavy (non-hydrogen) atoms. The van der Waals surface area contributed by atoms with Gasteiger partial charge < -0.3 is 0 Å². The third kappa shape index (κ3) is 2.12. The van der Waals surface area contributed by atoms with Crippen LogP contribution in [0.3, 0.4) is 0 Å². The summed E-state index contributed by atoms with van der Waals surface area (Å²) < 4.78 is 0. The highest BCUT2D eigenvalue weighted by molar-refractivity contribution is 5.86. The molecule has 92 valence electrons. The van der Waals surface area contributed by atoms with Crippen molar-refractivity contribution in [1.82, 2.24) is 4.98 Å². The Hall–Kier alpha value is -2.51. The fraction of sp³-hybridized carbons (Fsp3) is 0.125. The summed E-state index contributed by atoms with van der Waals surface area (Å²) in [6.07, 6.45) is 9.40. The van der Waals surface area contributed by atoms with Crippen LogP contribution in [0.1, 0.15) is 17.7 Å². The maximum absolute atomic E-state index is 10.6. The van der Waals surface area contributed by atoms with Gasteiger partial charge in [-0.2, -0.15) is 4.99 Å². The van der Waals surface area contributed by atoms with Crippen molar-refractivity contribution in [3.63, 3.8) is 0 Å². The van der Waals surface area contributed by atoms with Crippen molar-refractivity contribution in [1.29, 1.82) is 0 Å². The highest BCUT2D eigenvalue weighted by Gasteiger charge is 2.16. The second-order valence-corrected chi connectivity index (χ2v) is 4.39. The Morgan fingerprint density at radius 1 is 1.21 bits per heavy atom. The summed E-state index contributed by atoms with van der Waals surface area (Å²) >= 11 is 0. The van der Waals surface area contributed by atoms with Crippen LogP contribution in [0.25, 0.3) is 17.2 Å². The summed E-state index contributed by atoms with van der Waals surface area (Å²) in [7, 11) is 0. The molecule has 0 bridgehead atoms. The van der Waals surface area contributed by atoms with E-state index in [1.807, 2.05) is 30.3 Å². The molecule has 2 aromatic rings. The van der Waals surface area contributed by atoms with E-state index in [-0.39, 0.29) is 0 Å². The molecular formula is C16H12N2O. The third-order valence-corrected chi connectivity index (χ3v) is 3.24.